The molecule has 1 N–H and O–H groups in total. The number of fused-ring (bicyclic) bond motifs is 1. The quantitative estimate of drug-likeness (QED) is 0.729. The van der Waals surface area contributed by atoms with Crippen LogP contribution in [0, 0.1) is 0 Å². The van der Waals surface area contributed by atoms with Crippen molar-refractivity contribution in [2.45, 2.75) is 4.90 Å². The number of benzene rings is 1. The Balaban J connectivity index is 2.13. The van der Waals surface area contributed by atoms with Crippen LogP contribution in [0.5, 0.6) is 5.75 Å². The van der Waals surface area contributed by atoms with Crippen LogP contribution in [-0.2, 0) is 17.1 Å². The lowest BCUT2D eigenvalue weighted by atomic mass is 10.2. The third-order valence-corrected chi connectivity index (χ3v) is 4.89. The van der Waals surface area contributed by atoms with E-state index in [-0.39, 0.29) is 10.0 Å². The number of anilines is 1. The Hall–Kier alpha value is -2.32. The summed E-state index contributed by atoms with van der Waals surface area (Å²) in [5.41, 5.74) is 0.940. The van der Waals surface area contributed by atoms with E-state index in [1.165, 1.54) is 25.4 Å². The first-order valence-electron chi connectivity index (χ1n) is 6.55. The molecule has 0 unspecified atom stereocenters. The van der Waals surface area contributed by atoms with Gasteiger partial charge in [0, 0.05) is 18.6 Å². The molecule has 23 heavy (non-hydrogen) atoms. The van der Waals surface area contributed by atoms with Crippen molar-refractivity contribution in [2.75, 3.05) is 11.8 Å². The summed E-state index contributed by atoms with van der Waals surface area (Å²) in [5, 5.41) is 5.15. The lowest BCUT2D eigenvalue weighted by Gasteiger charge is -2.13. The molecule has 0 fully saturated rings. The topological polar surface area (TPSA) is 86.1 Å². The van der Waals surface area contributed by atoms with Crippen LogP contribution < -0.4 is 9.46 Å². The predicted molar refractivity (Wildman–Crippen MR) is 87.3 cm³/mol. The molecule has 0 aliphatic rings. The highest BCUT2D eigenvalue weighted by atomic mass is 35.5. The van der Waals surface area contributed by atoms with Crippen molar-refractivity contribution in [3.05, 3.63) is 41.8 Å². The van der Waals surface area contributed by atoms with Crippen molar-refractivity contribution >= 4 is 38.2 Å². The van der Waals surface area contributed by atoms with E-state index in [1.54, 1.807) is 24.0 Å². The number of nitrogens with zero attached hydrogens (tertiary/aromatic N) is 3. The van der Waals surface area contributed by atoms with Crippen LogP contribution in [0.4, 0.5) is 5.69 Å². The number of rotatable bonds is 4. The van der Waals surface area contributed by atoms with Crippen molar-refractivity contribution in [3.63, 3.8) is 0 Å². The molecule has 3 aromatic rings. The Kier molecular flexibility index (Phi) is 3.87. The van der Waals surface area contributed by atoms with Gasteiger partial charge in [-0.05, 0) is 24.3 Å². The highest BCUT2D eigenvalue weighted by Gasteiger charge is 2.20. The molecule has 0 atom stereocenters. The van der Waals surface area contributed by atoms with E-state index in [0.29, 0.717) is 17.0 Å². The zero-order valence-corrected chi connectivity index (χ0v) is 13.9. The first kappa shape index (κ1) is 15.6. The second-order valence-electron chi connectivity index (χ2n) is 4.77. The van der Waals surface area contributed by atoms with Gasteiger partial charge in [-0.3, -0.25) is 9.40 Å². The summed E-state index contributed by atoms with van der Waals surface area (Å²) < 4.78 is 34.6. The number of sulfonamides is 1. The second kappa shape index (κ2) is 5.71. The SMILES string of the molecule is COc1ccc2cnn(C)c2c1NS(=O)(=O)c1ccc(Cl)nc1. The molecule has 0 aliphatic heterocycles. The lowest BCUT2D eigenvalue weighted by Crippen LogP contribution is -2.15. The molecule has 0 bridgehead atoms. The van der Waals surface area contributed by atoms with Crippen molar-refractivity contribution in [1.29, 1.82) is 0 Å². The molecule has 120 valence electrons. The Morgan fingerprint density at radius 1 is 1.22 bits per heavy atom. The van der Waals surface area contributed by atoms with E-state index in [4.69, 9.17) is 16.3 Å². The van der Waals surface area contributed by atoms with E-state index >= 15 is 0 Å². The lowest BCUT2D eigenvalue weighted by molar-refractivity contribution is 0.417. The number of nitrogens with one attached hydrogen (secondary N) is 1. The minimum atomic E-state index is -3.84. The summed E-state index contributed by atoms with van der Waals surface area (Å²) in [4.78, 5) is 3.80. The number of aryl methyl sites for hydroxylation is 1. The van der Waals surface area contributed by atoms with E-state index in [2.05, 4.69) is 14.8 Å². The molecular weight excluding hydrogens is 340 g/mol. The summed E-state index contributed by atoms with van der Waals surface area (Å²) in [6, 6.07) is 6.29. The van der Waals surface area contributed by atoms with E-state index in [0.717, 1.165) is 5.39 Å². The molecule has 0 saturated heterocycles. The third kappa shape index (κ3) is 2.82. The Bertz CT molecular complexity index is 968. The number of pyridine rings is 1. The molecule has 2 aromatic heterocycles. The van der Waals surface area contributed by atoms with Crippen LogP contribution in [-0.4, -0.2) is 30.3 Å². The summed E-state index contributed by atoms with van der Waals surface area (Å²) in [6.07, 6.45) is 2.84. The van der Waals surface area contributed by atoms with Gasteiger partial charge in [0.1, 0.15) is 21.5 Å². The molecule has 9 heteroatoms. The third-order valence-electron chi connectivity index (χ3n) is 3.33. The van der Waals surface area contributed by atoms with Gasteiger partial charge in [-0.1, -0.05) is 11.6 Å². The molecule has 0 amide bonds. The summed E-state index contributed by atoms with van der Waals surface area (Å²) in [6.45, 7) is 0. The van der Waals surface area contributed by atoms with Crippen LogP contribution in [0.1, 0.15) is 0 Å². The van der Waals surface area contributed by atoms with Gasteiger partial charge in [0.2, 0.25) is 0 Å². The zero-order valence-electron chi connectivity index (χ0n) is 12.3. The molecule has 0 radical (unpaired) electrons. The average Bonchev–Trinajstić information content (AvgIpc) is 2.89. The largest absolute Gasteiger partial charge is 0.494 e. The average molecular weight is 353 g/mol. The van der Waals surface area contributed by atoms with Crippen molar-refractivity contribution in [1.82, 2.24) is 14.8 Å². The maximum absolute atomic E-state index is 12.6. The van der Waals surface area contributed by atoms with Gasteiger partial charge < -0.3 is 4.74 Å². The van der Waals surface area contributed by atoms with Gasteiger partial charge in [0.05, 0.1) is 18.8 Å². The van der Waals surface area contributed by atoms with Crippen LogP contribution >= 0.6 is 11.6 Å². The fourth-order valence-electron chi connectivity index (χ4n) is 2.23. The van der Waals surface area contributed by atoms with Gasteiger partial charge in [0.25, 0.3) is 10.0 Å². The molecule has 0 aliphatic carbocycles. The van der Waals surface area contributed by atoms with Gasteiger partial charge in [-0.25, -0.2) is 13.4 Å². The first-order chi connectivity index (χ1) is 10.9. The first-order valence-corrected chi connectivity index (χ1v) is 8.41. The predicted octanol–water partition coefficient (Wildman–Crippen LogP) is 2.43. The molecule has 3 rings (SSSR count). The van der Waals surface area contributed by atoms with E-state index in [9.17, 15) is 8.42 Å². The molecule has 0 spiro atoms. The highest BCUT2D eigenvalue weighted by molar-refractivity contribution is 7.92. The summed E-state index contributed by atoms with van der Waals surface area (Å²) >= 11 is 5.70. The number of methoxy groups -OCH3 is 1. The maximum atomic E-state index is 12.6. The Morgan fingerprint density at radius 2 is 2.00 bits per heavy atom. The van der Waals surface area contributed by atoms with Gasteiger partial charge in [-0.2, -0.15) is 5.10 Å². The Morgan fingerprint density at radius 3 is 2.65 bits per heavy atom. The van der Waals surface area contributed by atoms with Crippen LogP contribution in [0.2, 0.25) is 5.15 Å². The summed E-state index contributed by atoms with van der Waals surface area (Å²) in [5.74, 6) is 0.395. The van der Waals surface area contributed by atoms with Gasteiger partial charge in [-0.15, -0.1) is 0 Å². The van der Waals surface area contributed by atoms with Crippen molar-refractivity contribution in [3.8, 4) is 5.75 Å². The Labute approximate surface area is 137 Å². The van der Waals surface area contributed by atoms with Crippen LogP contribution in [0.3, 0.4) is 0 Å². The fourth-order valence-corrected chi connectivity index (χ4v) is 3.37. The molecule has 7 nitrogen and oxygen atoms in total. The molecule has 2 heterocycles. The van der Waals surface area contributed by atoms with Crippen molar-refractivity contribution < 1.29 is 13.2 Å². The smallest absolute Gasteiger partial charge is 0.263 e. The van der Waals surface area contributed by atoms with Crippen LogP contribution in [0.15, 0.2) is 41.6 Å². The monoisotopic (exact) mass is 352 g/mol. The molecular formula is C14H13ClN4O3S. The number of hydrogen-bond acceptors (Lipinski definition) is 5. The van der Waals surface area contributed by atoms with E-state index in [1.807, 2.05) is 6.07 Å². The number of halogens is 1. The minimum Gasteiger partial charge on any atom is -0.494 e. The fraction of sp³-hybridized carbons (Fsp3) is 0.143. The zero-order chi connectivity index (χ0) is 16.6. The van der Waals surface area contributed by atoms with Gasteiger partial charge >= 0.3 is 0 Å². The maximum Gasteiger partial charge on any atom is 0.263 e. The van der Waals surface area contributed by atoms with Crippen LogP contribution in [0.25, 0.3) is 10.9 Å². The number of ether oxygens (including phenoxy) is 1. The second-order valence-corrected chi connectivity index (χ2v) is 6.84. The normalized spacial score (nSPS) is 11.6. The van der Waals surface area contributed by atoms with Crippen molar-refractivity contribution in [2.24, 2.45) is 7.05 Å². The van der Waals surface area contributed by atoms with Gasteiger partial charge in [0.15, 0.2) is 0 Å². The summed E-state index contributed by atoms with van der Waals surface area (Å²) in [7, 11) is -0.644. The molecule has 0 saturated carbocycles. The number of aromatic nitrogens is 3. The number of hydrogen-bond donors (Lipinski definition) is 1. The minimum absolute atomic E-state index is 0.00289. The highest BCUT2D eigenvalue weighted by Crippen LogP contribution is 2.34. The standard InChI is InChI=1S/C14H13ClN4O3S/c1-19-14-9(7-17-19)3-5-11(22-2)13(14)18-23(20,21)10-4-6-12(15)16-8-10/h3-8,18H,1-2H3. The molecule has 1 aromatic carbocycles. The van der Waals surface area contributed by atoms with E-state index < -0.39 is 10.0 Å².